The Kier molecular flexibility index (Phi) is 4.40. The Morgan fingerprint density at radius 3 is 2.71 bits per heavy atom. The summed E-state index contributed by atoms with van der Waals surface area (Å²) in [6.45, 7) is 0.758. The van der Waals surface area contributed by atoms with Crippen molar-refractivity contribution in [3.8, 4) is 5.75 Å². The highest BCUT2D eigenvalue weighted by Gasteiger charge is 2.47. The van der Waals surface area contributed by atoms with Gasteiger partial charge in [0.25, 0.3) is 5.84 Å². The Balaban J connectivity index is 1.40. The standard InChI is InChI=1S/C21H25N4O3/c22-25-9-8-23-13-18(25)20(15-11-16(26)12-15)24-21(25)14-4-6-17(7-5-14)28-19-3-1-2-10-27-19/h4-9,13,15-16,19,26H,1-3,10-12,22H2/q+1. The third kappa shape index (κ3) is 3.00. The summed E-state index contributed by atoms with van der Waals surface area (Å²) in [7, 11) is 0. The predicted molar refractivity (Wildman–Crippen MR) is 105 cm³/mol. The molecule has 1 saturated carbocycles. The quantitative estimate of drug-likeness (QED) is 0.620. The number of aliphatic imine (C=N–C) groups is 2. The molecule has 2 unspecified atom stereocenters. The molecule has 3 aliphatic heterocycles. The average Bonchev–Trinajstić information content (AvgIpc) is 3.00. The highest BCUT2D eigenvalue weighted by atomic mass is 16.7. The highest BCUT2D eigenvalue weighted by molar-refractivity contribution is 6.00. The van der Waals surface area contributed by atoms with Crippen LogP contribution in [0.5, 0.6) is 5.75 Å². The molecule has 0 amide bonds. The minimum Gasteiger partial charge on any atom is -0.465 e. The van der Waals surface area contributed by atoms with Gasteiger partial charge in [0.1, 0.15) is 17.6 Å². The number of allylic oxidation sites excluding steroid dienone is 2. The fourth-order valence-corrected chi connectivity index (χ4v) is 4.16. The van der Waals surface area contributed by atoms with Crippen LogP contribution in [0.1, 0.15) is 37.7 Å². The summed E-state index contributed by atoms with van der Waals surface area (Å²) < 4.78 is 11.6. The Hall–Kier alpha value is -2.32. The maximum absolute atomic E-state index is 9.71. The second kappa shape index (κ2) is 6.93. The number of quaternary nitrogens is 1. The van der Waals surface area contributed by atoms with Gasteiger partial charge in [-0.3, -0.25) is 4.99 Å². The van der Waals surface area contributed by atoms with Gasteiger partial charge in [0.2, 0.25) is 5.70 Å². The summed E-state index contributed by atoms with van der Waals surface area (Å²) in [6, 6.07) is 7.85. The van der Waals surface area contributed by atoms with E-state index >= 15 is 0 Å². The molecule has 2 fully saturated rings. The number of aliphatic hydroxyl groups is 1. The van der Waals surface area contributed by atoms with Gasteiger partial charge in [-0.2, -0.15) is 10.8 Å². The molecule has 0 aromatic heterocycles. The van der Waals surface area contributed by atoms with Gasteiger partial charge in [-0.25, -0.2) is 0 Å². The van der Waals surface area contributed by atoms with Gasteiger partial charge >= 0.3 is 0 Å². The number of aliphatic hydroxyl groups excluding tert-OH is 1. The van der Waals surface area contributed by atoms with Crippen molar-refractivity contribution in [2.24, 2.45) is 21.7 Å². The maximum atomic E-state index is 9.71. The van der Waals surface area contributed by atoms with E-state index < -0.39 is 0 Å². The van der Waals surface area contributed by atoms with Crippen molar-refractivity contribution in [3.63, 3.8) is 0 Å². The lowest BCUT2D eigenvalue weighted by Crippen LogP contribution is -2.53. The van der Waals surface area contributed by atoms with E-state index in [-0.39, 0.29) is 22.9 Å². The van der Waals surface area contributed by atoms with Crippen molar-refractivity contribution in [3.05, 3.63) is 53.6 Å². The van der Waals surface area contributed by atoms with E-state index in [1.54, 1.807) is 12.4 Å². The fourth-order valence-electron chi connectivity index (χ4n) is 4.16. The molecular formula is C21H25N4O3+. The van der Waals surface area contributed by atoms with Crippen LogP contribution in [0, 0.1) is 5.92 Å². The number of nitrogens with two attached hydrogens (primary N) is 1. The molecule has 0 spiro atoms. The van der Waals surface area contributed by atoms with Crippen molar-refractivity contribution < 1.29 is 19.2 Å². The largest absolute Gasteiger partial charge is 0.465 e. The SMILES string of the molecule is N[N+]12C=CN=CC1=C(C1CC(O)C1)N=C2c1ccc(OC2CCCCO2)cc1. The van der Waals surface area contributed by atoms with Crippen LogP contribution in [0.3, 0.4) is 0 Å². The van der Waals surface area contributed by atoms with E-state index in [4.69, 9.17) is 20.3 Å². The van der Waals surface area contributed by atoms with E-state index in [1.807, 2.05) is 30.5 Å². The molecule has 3 heterocycles. The third-order valence-electron chi connectivity index (χ3n) is 5.84. The Bertz CT molecular complexity index is 877. The number of benzene rings is 1. The Morgan fingerprint density at radius 2 is 2.00 bits per heavy atom. The van der Waals surface area contributed by atoms with Crippen molar-refractivity contribution in [1.29, 1.82) is 0 Å². The number of fused-ring (bicyclic) bond motifs is 1. The van der Waals surface area contributed by atoms with Gasteiger partial charge in [-0.15, -0.1) is 4.59 Å². The van der Waals surface area contributed by atoms with Crippen LogP contribution in [-0.4, -0.2) is 40.7 Å². The second-order valence-electron chi connectivity index (χ2n) is 7.82. The van der Waals surface area contributed by atoms with E-state index in [0.717, 1.165) is 67.3 Å². The molecule has 146 valence electrons. The smallest absolute Gasteiger partial charge is 0.264 e. The lowest BCUT2D eigenvalue weighted by molar-refractivity contribution is -0.750. The highest BCUT2D eigenvalue weighted by Crippen LogP contribution is 2.42. The van der Waals surface area contributed by atoms with Crippen LogP contribution in [0.4, 0.5) is 0 Å². The van der Waals surface area contributed by atoms with Crippen molar-refractivity contribution in [2.45, 2.75) is 44.5 Å². The zero-order chi connectivity index (χ0) is 19.1. The van der Waals surface area contributed by atoms with Crippen LogP contribution in [0.25, 0.3) is 0 Å². The summed E-state index contributed by atoms with van der Waals surface area (Å²) in [5, 5.41) is 9.71. The molecule has 7 heteroatoms. The molecule has 1 aliphatic carbocycles. The van der Waals surface area contributed by atoms with E-state index in [9.17, 15) is 5.11 Å². The predicted octanol–water partition coefficient (Wildman–Crippen LogP) is 2.58. The van der Waals surface area contributed by atoms with Crippen LogP contribution >= 0.6 is 0 Å². The van der Waals surface area contributed by atoms with Gasteiger partial charge in [0.05, 0.1) is 30.7 Å². The summed E-state index contributed by atoms with van der Waals surface area (Å²) in [4.78, 5) is 9.15. The zero-order valence-electron chi connectivity index (χ0n) is 15.7. The minimum atomic E-state index is -0.244. The normalized spacial score (nSPS) is 34.1. The van der Waals surface area contributed by atoms with Crippen LogP contribution in [0.2, 0.25) is 0 Å². The van der Waals surface area contributed by atoms with Crippen molar-refractivity contribution in [1.82, 2.24) is 0 Å². The molecule has 3 N–H and O–H groups in total. The van der Waals surface area contributed by atoms with Gasteiger partial charge in [-0.05, 0) is 49.9 Å². The van der Waals surface area contributed by atoms with Gasteiger partial charge < -0.3 is 14.6 Å². The van der Waals surface area contributed by atoms with E-state index in [2.05, 4.69) is 4.99 Å². The molecule has 5 rings (SSSR count). The maximum Gasteiger partial charge on any atom is 0.264 e. The average molecular weight is 381 g/mol. The van der Waals surface area contributed by atoms with Gasteiger partial charge in [-0.1, -0.05) is 0 Å². The van der Waals surface area contributed by atoms with Crippen LogP contribution in [0.15, 0.2) is 58.0 Å². The number of amidine groups is 1. The van der Waals surface area contributed by atoms with E-state index in [1.165, 1.54) is 0 Å². The summed E-state index contributed by atoms with van der Waals surface area (Å²) >= 11 is 0. The fraction of sp³-hybridized carbons (Fsp3) is 0.429. The number of ether oxygens (including phenoxy) is 2. The molecule has 1 saturated heterocycles. The van der Waals surface area contributed by atoms with Crippen LogP contribution < -0.4 is 10.6 Å². The number of hydrogen-bond donors (Lipinski definition) is 2. The first-order chi connectivity index (χ1) is 13.6. The lowest BCUT2D eigenvalue weighted by atomic mass is 9.79. The van der Waals surface area contributed by atoms with Gasteiger partial charge in [0.15, 0.2) is 6.29 Å². The minimum absolute atomic E-state index is 0.0113. The second-order valence-corrected chi connectivity index (χ2v) is 7.82. The molecule has 2 atom stereocenters. The molecule has 0 bridgehead atoms. The first kappa shape index (κ1) is 17.8. The number of hydrogen-bond acceptors (Lipinski definition) is 6. The molecule has 1 aromatic carbocycles. The Labute approximate surface area is 164 Å². The van der Waals surface area contributed by atoms with Crippen LogP contribution in [-0.2, 0) is 4.74 Å². The number of rotatable bonds is 4. The Morgan fingerprint density at radius 1 is 1.18 bits per heavy atom. The summed E-state index contributed by atoms with van der Waals surface area (Å²) in [5.41, 5.74) is 2.75. The van der Waals surface area contributed by atoms with E-state index in [0.29, 0.717) is 0 Å². The molecular weight excluding hydrogens is 356 g/mol. The van der Waals surface area contributed by atoms with Crippen molar-refractivity contribution >= 4 is 12.1 Å². The molecule has 0 radical (unpaired) electrons. The summed E-state index contributed by atoms with van der Waals surface area (Å²) in [5.74, 6) is 8.50. The molecule has 7 nitrogen and oxygen atoms in total. The molecule has 4 aliphatic rings. The first-order valence-corrected chi connectivity index (χ1v) is 9.92. The lowest BCUT2D eigenvalue weighted by Gasteiger charge is -2.31. The van der Waals surface area contributed by atoms with Gasteiger partial charge in [0, 0.05) is 12.3 Å². The number of nitrogens with zero attached hydrogens (tertiary/aromatic N) is 3. The topological polar surface area (TPSA) is 89.4 Å². The monoisotopic (exact) mass is 381 g/mol. The van der Waals surface area contributed by atoms with Crippen molar-refractivity contribution in [2.75, 3.05) is 6.61 Å². The molecule has 1 aromatic rings. The zero-order valence-corrected chi connectivity index (χ0v) is 15.7. The molecule has 28 heavy (non-hydrogen) atoms. The summed E-state index contributed by atoms with van der Waals surface area (Å²) in [6.07, 6.45) is 9.53. The first-order valence-electron chi connectivity index (χ1n) is 9.92. The third-order valence-corrected chi connectivity index (χ3v) is 5.84.